The molecule has 0 aliphatic heterocycles. The Morgan fingerprint density at radius 2 is 1.80 bits per heavy atom. The van der Waals surface area contributed by atoms with Crippen molar-refractivity contribution in [1.29, 1.82) is 0 Å². The first kappa shape index (κ1) is 24.1. The van der Waals surface area contributed by atoms with Gasteiger partial charge in [0.1, 0.15) is 17.0 Å². The summed E-state index contributed by atoms with van der Waals surface area (Å²) in [6.45, 7) is 2.18. The summed E-state index contributed by atoms with van der Waals surface area (Å²) in [6.07, 6.45) is 0. The Kier molecular flexibility index (Phi) is 7.21. The van der Waals surface area contributed by atoms with E-state index in [4.69, 9.17) is 14.2 Å². The highest BCUT2D eigenvalue weighted by Gasteiger charge is 2.17. The number of aromatic nitrogens is 2. The van der Waals surface area contributed by atoms with Crippen molar-refractivity contribution in [2.75, 3.05) is 26.1 Å². The lowest BCUT2D eigenvalue weighted by Crippen LogP contribution is -2.41. The van der Waals surface area contributed by atoms with Crippen LogP contribution in [-0.4, -0.2) is 35.9 Å². The highest BCUT2D eigenvalue weighted by molar-refractivity contribution is 7.17. The number of benzene rings is 2. The van der Waals surface area contributed by atoms with Crippen LogP contribution < -0.4 is 30.8 Å². The molecule has 2 aromatic heterocycles. The van der Waals surface area contributed by atoms with Gasteiger partial charge >= 0.3 is 5.69 Å². The topological polar surface area (TPSA) is 101 Å². The molecule has 4 rings (SSSR count). The smallest absolute Gasteiger partial charge is 0.332 e. The Hall–Kier alpha value is -4.05. The number of carbonyl (C=O) groups excluding carboxylic acids is 1. The molecule has 35 heavy (non-hydrogen) atoms. The van der Waals surface area contributed by atoms with Crippen LogP contribution in [0.2, 0.25) is 0 Å². The van der Waals surface area contributed by atoms with Crippen molar-refractivity contribution in [2.45, 2.75) is 20.0 Å². The minimum atomic E-state index is -0.565. The third kappa shape index (κ3) is 5.07. The van der Waals surface area contributed by atoms with Gasteiger partial charge in [0.05, 0.1) is 32.9 Å². The zero-order valence-corrected chi connectivity index (χ0v) is 20.4. The van der Waals surface area contributed by atoms with E-state index in [9.17, 15) is 14.4 Å². The zero-order valence-electron chi connectivity index (χ0n) is 19.6. The largest absolute Gasteiger partial charge is 0.494 e. The molecule has 0 radical (unpaired) electrons. The fourth-order valence-corrected chi connectivity index (χ4v) is 4.61. The van der Waals surface area contributed by atoms with Crippen LogP contribution >= 0.6 is 11.3 Å². The molecule has 0 atom stereocenters. The molecule has 0 saturated heterocycles. The van der Waals surface area contributed by atoms with Crippen LogP contribution in [0.1, 0.15) is 12.5 Å². The maximum Gasteiger partial charge on any atom is 0.332 e. The van der Waals surface area contributed by atoms with Crippen LogP contribution in [0.25, 0.3) is 10.2 Å². The molecule has 0 fully saturated rings. The summed E-state index contributed by atoms with van der Waals surface area (Å²) in [5.74, 6) is 1.23. The first-order chi connectivity index (χ1) is 16.9. The second-order valence-electron chi connectivity index (χ2n) is 7.59. The summed E-state index contributed by atoms with van der Waals surface area (Å²) in [4.78, 5) is 39.3. The van der Waals surface area contributed by atoms with Crippen molar-refractivity contribution in [1.82, 2.24) is 9.13 Å². The number of nitrogens with zero attached hydrogens (tertiary/aromatic N) is 2. The monoisotopic (exact) mass is 495 g/mol. The van der Waals surface area contributed by atoms with Crippen LogP contribution in [0.3, 0.4) is 0 Å². The van der Waals surface area contributed by atoms with Crippen LogP contribution in [0.15, 0.2) is 63.5 Å². The summed E-state index contributed by atoms with van der Waals surface area (Å²) in [7, 11) is 3.03. The predicted molar refractivity (Wildman–Crippen MR) is 135 cm³/mol. The third-order valence-electron chi connectivity index (χ3n) is 5.36. The number of methoxy groups -OCH3 is 2. The Bertz CT molecular complexity index is 1490. The van der Waals surface area contributed by atoms with E-state index in [1.54, 1.807) is 35.7 Å². The van der Waals surface area contributed by atoms with Gasteiger partial charge in [-0.15, -0.1) is 11.3 Å². The van der Waals surface area contributed by atoms with E-state index in [0.29, 0.717) is 39.8 Å². The normalized spacial score (nSPS) is 10.8. The van der Waals surface area contributed by atoms with E-state index in [-0.39, 0.29) is 13.1 Å². The number of anilines is 1. The maximum absolute atomic E-state index is 13.4. The molecule has 1 N–H and O–H groups in total. The fourth-order valence-electron chi connectivity index (χ4n) is 3.77. The number of hydrogen-bond acceptors (Lipinski definition) is 7. The average molecular weight is 496 g/mol. The molecule has 0 aliphatic rings. The molecule has 0 unspecified atom stereocenters. The summed E-state index contributed by atoms with van der Waals surface area (Å²) >= 11 is 1.23. The second kappa shape index (κ2) is 10.5. The predicted octanol–water partition coefficient (Wildman–Crippen LogP) is 3.33. The minimum absolute atomic E-state index is 0.0592. The van der Waals surface area contributed by atoms with Gasteiger partial charge in [-0.1, -0.05) is 12.1 Å². The number of nitrogens with one attached hydrogen (secondary N) is 1. The van der Waals surface area contributed by atoms with Crippen LogP contribution in [0.5, 0.6) is 17.2 Å². The lowest BCUT2D eigenvalue weighted by atomic mass is 10.2. The molecule has 0 bridgehead atoms. The Labute approximate surface area is 205 Å². The van der Waals surface area contributed by atoms with Crippen LogP contribution in [-0.2, 0) is 17.9 Å². The Morgan fingerprint density at radius 1 is 1.00 bits per heavy atom. The first-order valence-electron chi connectivity index (χ1n) is 10.9. The molecular weight excluding hydrogens is 470 g/mol. The molecule has 2 aromatic carbocycles. The number of rotatable bonds is 9. The molecule has 0 saturated carbocycles. The SMILES string of the molecule is CCOc1cccc(Cn2c(=O)c3sccc3n(CC(=O)Nc3ccc(OC)c(OC)c3)c2=O)c1. The number of hydrogen-bond donors (Lipinski definition) is 1. The summed E-state index contributed by atoms with van der Waals surface area (Å²) < 4.78 is 18.9. The maximum atomic E-state index is 13.4. The van der Waals surface area contributed by atoms with E-state index in [0.717, 1.165) is 10.1 Å². The van der Waals surface area contributed by atoms with Gasteiger partial charge in [-0.25, -0.2) is 4.79 Å². The van der Waals surface area contributed by atoms with Crippen molar-refractivity contribution in [3.8, 4) is 17.2 Å². The quantitative estimate of drug-likeness (QED) is 0.382. The van der Waals surface area contributed by atoms with E-state index in [2.05, 4.69) is 5.32 Å². The van der Waals surface area contributed by atoms with Gasteiger partial charge in [0.25, 0.3) is 5.56 Å². The number of carbonyl (C=O) groups is 1. The highest BCUT2D eigenvalue weighted by Crippen LogP contribution is 2.29. The van der Waals surface area contributed by atoms with Gasteiger partial charge in [-0.3, -0.25) is 18.7 Å². The molecule has 1 amide bonds. The lowest BCUT2D eigenvalue weighted by Gasteiger charge is -2.14. The first-order valence-corrected chi connectivity index (χ1v) is 11.8. The van der Waals surface area contributed by atoms with E-state index >= 15 is 0 Å². The van der Waals surface area contributed by atoms with Gasteiger partial charge < -0.3 is 19.5 Å². The fraction of sp³-hybridized carbons (Fsp3) is 0.240. The molecular formula is C25H25N3O6S. The highest BCUT2D eigenvalue weighted by atomic mass is 32.1. The molecule has 0 spiro atoms. The molecule has 2 heterocycles. The molecule has 4 aromatic rings. The lowest BCUT2D eigenvalue weighted by molar-refractivity contribution is -0.116. The van der Waals surface area contributed by atoms with Crippen molar-refractivity contribution in [3.05, 3.63) is 80.3 Å². The van der Waals surface area contributed by atoms with Gasteiger partial charge in [-0.05, 0) is 48.2 Å². The van der Waals surface area contributed by atoms with Gasteiger partial charge in [0.15, 0.2) is 11.5 Å². The summed E-state index contributed by atoms with van der Waals surface area (Å²) in [6, 6.07) is 13.9. The van der Waals surface area contributed by atoms with Crippen molar-refractivity contribution in [3.63, 3.8) is 0 Å². The molecule has 182 valence electrons. The van der Waals surface area contributed by atoms with E-state index in [1.807, 2.05) is 25.1 Å². The molecule has 10 heteroatoms. The van der Waals surface area contributed by atoms with Crippen LogP contribution in [0.4, 0.5) is 5.69 Å². The minimum Gasteiger partial charge on any atom is -0.494 e. The standard InChI is InChI=1S/C25H25N3O6S/c1-4-34-18-7-5-6-16(12-18)14-28-24(30)23-19(10-11-35-23)27(25(28)31)15-22(29)26-17-8-9-20(32-2)21(13-17)33-3/h5-13H,4,14-15H2,1-3H3,(H,26,29). The number of amides is 1. The van der Waals surface area contributed by atoms with Crippen LogP contribution in [0, 0.1) is 0 Å². The molecule has 9 nitrogen and oxygen atoms in total. The number of ether oxygens (including phenoxy) is 3. The second-order valence-corrected chi connectivity index (χ2v) is 8.51. The average Bonchev–Trinajstić information content (AvgIpc) is 3.35. The summed E-state index contributed by atoms with van der Waals surface area (Å²) in [5.41, 5.74) is 0.700. The zero-order chi connectivity index (χ0) is 24.9. The number of fused-ring (bicyclic) bond motifs is 1. The van der Waals surface area contributed by atoms with Crippen molar-refractivity contribution in [2.24, 2.45) is 0 Å². The van der Waals surface area contributed by atoms with Crippen molar-refractivity contribution < 1.29 is 19.0 Å². The van der Waals surface area contributed by atoms with Gasteiger partial charge in [-0.2, -0.15) is 0 Å². The third-order valence-corrected chi connectivity index (χ3v) is 6.25. The van der Waals surface area contributed by atoms with E-state index in [1.165, 1.54) is 30.1 Å². The summed E-state index contributed by atoms with van der Waals surface area (Å²) in [5, 5.41) is 4.50. The Morgan fingerprint density at radius 3 is 2.54 bits per heavy atom. The van der Waals surface area contributed by atoms with Gasteiger partial charge in [0.2, 0.25) is 5.91 Å². The molecule has 0 aliphatic carbocycles. The van der Waals surface area contributed by atoms with E-state index < -0.39 is 17.2 Å². The number of thiophene rings is 1. The van der Waals surface area contributed by atoms with Gasteiger partial charge in [0, 0.05) is 11.8 Å². The van der Waals surface area contributed by atoms with Crippen molar-refractivity contribution >= 4 is 33.1 Å². The Balaban J connectivity index is 1.66.